The summed E-state index contributed by atoms with van der Waals surface area (Å²) in [5.41, 5.74) is 8.35. The van der Waals surface area contributed by atoms with Gasteiger partial charge in [0.05, 0.1) is 12.0 Å². The predicted octanol–water partition coefficient (Wildman–Crippen LogP) is 2.91. The van der Waals surface area contributed by atoms with Gasteiger partial charge in [-0.2, -0.15) is 0 Å². The Morgan fingerprint density at radius 3 is 2.79 bits per heavy atom. The van der Waals surface area contributed by atoms with Crippen molar-refractivity contribution in [3.05, 3.63) is 64.7 Å². The number of carbonyl (C=O) groups excluding carboxylic acids is 1. The van der Waals surface area contributed by atoms with Crippen molar-refractivity contribution in [1.82, 2.24) is 21.1 Å². The third kappa shape index (κ3) is 6.68. The van der Waals surface area contributed by atoms with Crippen LogP contribution in [0, 0.1) is 5.92 Å². The third-order valence-electron chi connectivity index (χ3n) is 6.44. The van der Waals surface area contributed by atoms with Crippen LogP contribution in [0.2, 0.25) is 5.02 Å². The fourth-order valence-corrected chi connectivity index (χ4v) is 4.53. The molecule has 0 saturated carbocycles. The first-order valence-corrected chi connectivity index (χ1v) is 12.0. The van der Waals surface area contributed by atoms with E-state index in [-0.39, 0.29) is 17.9 Å². The quantitative estimate of drug-likeness (QED) is 0.521. The Morgan fingerprint density at radius 1 is 1.21 bits per heavy atom. The number of hydrogen-bond donors (Lipinski definition) is 3. The third-order valence-corrected chi connectivity index (χ3v) is 6.69. The van der Waals surface area contributed by atoms with E-state index in [0.29, 0.717) is 30.8 Å². The van der Waals surface area contributed by atoms with Gasteiger partial charge in [-0.1, -0.05) is 35.9 Å². The molecule has 2 aliphatic heterocycles. The zero-order valence-electron chi connectivity index (χ0n) is 19.1. The van der Waals surface area contributed by atoms with Crippen LogP contribution in [0.3, 0.4) is 0 Å². The summed E-state index contributed by atoms with van der Waals surface area (Å²) in [6, 6.07) is 16.0. The van der Waals surface area contributed by atoms with Crippen LogP contribution in [0.5, 0.6) is 5.75 Å². The molecule has 1 amide bonds. The lowest BCUT2D eigenvalue weighted by molar-refractivity contribution is -0.125. The van der Waals surface area contributed by atoms with E-state index in [1.807, 2.05) is 48.5 Å². The first-order chi connectivity index (χ1) is 16.1. The maximum Gasteiger partial charge on any atom is 0.226 e. The van der Waals surface area contributed by atoms with E-state index in [1.165, 1.54) is 0 Å². The number of nitrogens with one attached hydrogen (secondary N) is 3. The average Bonchev–Trinajstić information content (AvgIpc) is 3.34. The number of hydrazine groups is 1. The summed E-state index contributed by atoms with van der Waals surface area (Å²) in [6.45, 7) is 4.23. The highest BCUT2D eigenvalue weighted by Gasteiger charge is 2.33. The molecule has 0 spiro atoms. The molecule has 3 N–H and O–H groups in total. The summed E-state index contributed by atoms with van der Waals surface area (Å²) >= 11 is 6.00. The van der Waals surface area contributed by atoms with Gasteiger partial charge in [0.15, 0.2) is 0 Å². The summed E-state index contributed by atoms with van der Waals surface area (Å²) in [4.78, 5) is 15.2. The molecule has 2 atom stereocenters. The first kappa shape index (κ1) is 24.0. The number of likely N-dealkylation sites (N-methyl/N-ethyl adjacent to an activating group) is 1. The number of carbonyl (C=O) groups is 1. The van der Waals surface area contributed by atoms with E-state index in [2.05, 4.69) is 28.1 Å². The molecule has 2 aromatic rings. The van der Waals surface area contributed by atoms with Crippen molar-refractivity contribution in [3.63, 3.8) is 0 Å². The largest absolute Gasteiger partial charge is 0.492 e. The van der Waals surface area contributed by atoms with Gasteiger partial charge in [-0.3, -0.25) is 15.1 Å². The van der Waals surface area contributed by atoms with Gasteiger partial charge in [-0.25, -0.2) is 5.43 Å². The van der Waals surface area contributed by atoms with Gasteiger partial charge in [-0.05, 0) is 55.3 Å². The van der Waals surface area contributed by atoms with Crippen molar-refractivity contribution in [2.75, 3.05) is 40.0 Å². The van der Waals surface area contributed by atoms with E-state index in [0.717, 1.165) is 49.5 Å². The maximum atomic E-state index is 12.9. The Hall–Kier alpha value is -2.16. The van der Waals surface area contributed by atoms with Crippen LogP contribution in [-0.4, -0.2) is 56.8 Å². The molecular weight excluding hydrogens is 440 g/mol. The summed E-state index contributed by atoms with van der Waals surface area (Å²) in [7, 11) is 2.15. The molecule has 178 valence electrons. The van der Waals surface area contributed by atoms with Gasteiger partial charge in [0.2, 0.25) is 5.91 Å². The van der Waals surface area contributed by atoms with Crippen molar-refractivity contribution < 1.29 is 14.3 Å². The van der Waals surface area contributed by atoms with Gasteiger partial charge in [0.25, 0.3) is 0 Å². The van der Waals surface area contributed by atoms with Crippen LogP contribution in [0.4, 0.5) is 0 Å². The zero-order chi connectivity index (χ0) is 23.0. The van der Waals surface area contributed by atoms with Crippen LogP contribution in [0.1, 0.15) is 30.0 Å². The summed E-state index contributed by atoms with van der Waals surface area (Å²) in [6.07, 6.45) is 2.16. The second kappa shape index (κ2) is 11.8. The molecular formula is C25H33ClN4O3. The maximum absolute atomic E-state index is 12.9. The van der Waals surface area contributed by atoms with Crippen molar-refractivity contribution in [2.45, 2.75) is 31.5 Å². The molecule has 2 aliphatic rings. The van der Waals surface area contributed by atoms with Gasteiger partial charge in [0.1, 0.15) is 12.4 Å². The van der Waals surface area contributed by atoms with E-state index >= 15 is 0 Å². The summed E-state index contributed by atoms with van der Waals surface area (Å²) in [5.74, 6) is 0.633. The Bertz CT molecular complexity index is 905. The second-order valence-electron chi connectivity index (χ2n) is 8.70. The Labute approximate surface area is 200 Å². The second-order valence-corrected chi connectivity index (χ2v) is 9.14. The molecule has 0 radical (unpaired) electrons. The number of halogens is 1. The fraction of sp³-hybridized carbons (Fsp3) is 0.480. The highest BCUT2D eigenvalue weighted by Crippen LogP contribution is 2.26. The first-order valence-electron chi connectivity index (χ1n) is 11.6. The Balaban J connectivity index is 1.25. The van der Waals surface area contributed by atoms with Crippen molar-refractivity contribution in [3.8, 4) is 5.75 Å². The van der Waals surface area contributed by atoms with Crippen molar-refractivity contribution in [1.29, 1.82) is 0 Å². The predicted molar refractivity (Wildman–Crippen MR) is 129 cm³/mol. The van der Waals surface area contributed by atoms with Crippen LogP contribution >= 0.6 is 11.6 Å². The normalized spacial score (nSPS) is 21.3. The molecule has 2 unspecified atom stereocenters. The minimum absolute atomic E-state index is 0.0110. The molecule has 0 aliphatic carbocycles. The summed E-state index contributed by atoms with van der Waals surface area (Å²) < 4.78 is 11.4. The minimum Gasteiger partial charge on any atom is -0.492 e. The zero-order valence-corrected chi connectivity index (χ0v) is 19.8. The highest BCUT2D eigenvalue weighted by molar-refractivity contribution is 6.30. The molecule has 4 rings (SSSR count). The van der Waals surface area contributed by atoms with Crippen LogP contribution in [0.25, 0.3) is 0 Å². The molecule has 2 fully saturated rings. The Morgan fingerprint density at radius 2 is 2.00 bits per heavy atom. The van der Waals surface area contributed by atoms with E-state index in [9.17, 15) is 4.79 Å². The minimum atomic E-state index is -0.202. The Kier molecular flexibility index (Phi) is 8.58. The number of nitrogens with zero attached hydrogens (tertiary/aromatic N) is 1. The number of benzene rings is 2. The van der Waals surface area contributed by atoms with Gasteiger partial charge in [0, 0.05) is 43.9 Å². The van der Waals surface area contributed by atoms with Crippen molar-refractivity contribution >= 4 is 17.5 Å². The molecule has 8 heteroatoms. The molecule has 7 nitrogen and oxygen atoms in total. The molecule has 0 aromatic heterocycles. The standard InChI is InChI=1S/C25H33ClN4O3/c1-30(21-9-12-32-13-10-21)11-14-33-22-4-2-3-18(15-22)16-27-25(31)23-17-28-29-24(23)19-5-7-20(26)8-6-19/h2-8,15,21,23-24,28-29H,9-14,16-17H2,1H3,(H,27,31). The summed E-state index contributed by atoms with van der Waals surface area (Å²) in [5, 5.41) is 3.76. The van der Waals surface area contributed by atoms with Crippen LogP contribution in [0.15, 0.2) is 48.5 Å². The van der Waals surface area contributed by atoms with Gasteiger partial charge < -0.3 is 14.8 Å². The lowest BCUT2D eigenvalue weighted by Gasteiger charge is -2.31. The lowest BCUT2D eigenvalue weighted by atomic mass is 9.94. The number of ether oxygens (including phenoxy) is 2. The monoisotopic (exact) mass is 472 g/mol. The van der Waals surface area contributed by atoms with Gasteiger partial charge >= 0.3 is 0 Å². The fourth-order valence-electron chi connectivity index (χ4n) is 4.41. The van der Waals surface area contributed by atoms with Crippen LogP contribution < -0.4 is 20.9 Å². The highest BCUT2D eigenvalue weighted by atomic mass is 35.5. The van der Waals surface area contributed by atoms with Gasteiger partial charge in [-0.15, -0.1) is 0 Å². The number of rotatable bonds is 9. The van der Waals surface area contributed by atoms with Crippen LogP contribution in [-0.2, 0) is 16.1 Å². The number of hydrogen-bond acceptors (Lipinski definition) is 6. The molecule has 2 heterocycles. The lowest BCUT2D eigenvalue weighted by Crippen LogP contribution is -2.38. The van der Waals surface area contributed by atoms with E-state index in [4.69, 9.17) is 21.1 Å². The molecule has 33 heavy (non-hydrogen) atoms. The molecule has 0 bridgehead atoms. The average molecular weight is 473 g/mol. The molecule has 2 aromatic carbocycles. The van der Waals surface area contributed by atoms with E-state index < -0.39 is 0 Å². The molecule has 2 saturated heterocycles. The van der Waals surface area contributed by atoms with Crippen molar-refractivity contribution in [2.24, 2.45) is 5.92 Å². The number of amides is 1. The topological polar surface area (TPSA) is 74.9 Å². The smallest absolute Gasteiger partial charge is 0.226 e. The SMILES string of the molecule is CN(CCOc1cccc(CNC(=O)C2CNNC2c2ccc(Cl)cc2)c1)C1CCOCC1. The van der Waals surface area contributed by atoms with E-state index in [1.54, 1.807) is 0 Å².